The highest BCUT2D eigenvalue weighted by atomic mass is 19.1. The fourth-order valence-electron chi connectivity index (χ4n) is 1.26. The van der Waals surface area contributed by atoms with Gasteiger partial charge in [0.15, 0.2) is 0 Å². The minimum Gasteiger partial charge on any atom is -0.493 e. The summed E-state index contributed by atoms with van der Waals surface area (Å²) in [6.07, 6.45) is 2.09. The van der Waals surface area contributed by atoms with Crippen molar-refractivity contribution < 1.29 is 13.5 Å². The molecule has 5 heteroatoms. The van der Waals surface area contributed by atoms with E-state index in [0.717, 1.165) is 0 Å². The first-order valence-corrected chi connectivity index (χ1v) is 4.82. The third-order valence-corrected chi connectivity index (χ3v) is 1.98. The van der Waals surface area contributed by atoms with E-state index in [-0.39, 0.29) is 11.8 Å². The maximum absolute atomic E-state index is 12.8. The Kier molecular flexibility index (Phi) is 3.05. The van der Waals surface area contributed by atoms with Crippen LogP contribution in [0.2, 0.25) is 0 Å². The van der Waals surface area contributed by atoms with Crippen molar-refractivity contribution in [2.75, 3.05) is 12.3 Å². The third-order valence-electron chi connectivity index (χ3n) is 1.98. The molecule has 1 heterocycles. The number of nitrogens with zero attached hydrogens (tertiary/aromatic N) is 1. The summed E-state index contributed by atoms with van der Waals surface area (Å²) in [5.74, 6) is 0.822. The summed E-state index contributed by atoms with van der Waals surface area (Å²) in [6.45, 7) is 0.387. The summed E-state index contributed by atoms with van der Waals surface area (Å²) >= 11 is 0. The van der Waals surface area contributed by atoms with Crippen LogP contribution in [0.15, 0.2) is 34.9 Å². The van der Waals surface area contributed by atoms with Crippen LogP contribution < -0.4 is 10.5 Å². The van der Waals surface area contributed by atoms with E-state index in [0.29, 0.717) is 24.5 Å². The summed E-state index contributed by atoms with van der Waals surface area (Å²) in [7, 11) is 0. The topological polar surface area (TPSA) is 61.3 Å². The number of anilines is 1. The molecular weight excluding hydrogens is 211 g/mol. The maximum atomic E-state index is 12.8. The average molecular weight is 222 g/mol. The number of halogens is 1. The number of oxazole rings is 1. The van der Waals surface area contributed by atoms with Gasteiger partial charge in [0.05, 0.1) is 12.8 Å². The first-order chi connectivity index (χ1) is 7.74. The minimum absolute atomic E-state index is 0.140. The van der Waals surface area contributed by atoms with Crippen LogP contribution in [0.25, 0.3) is 0 Å². The van der Waals surface area contributed by atoms with Crippen molar-refractivity contribution in [3.63, 3.8) is 0 Å². The second-order valence-corrected chi connectivity index (χ2v) is 3.22. The largest absolute Gasteiger partial charge is 0.493 e. The summed E-state index contributed by atoms with van der Waals surface area (Å²) in [6, 6.07) is 6.12. The van der Waals surface area contributed by atoms with Crippen molar-refractivity contribution in [3.8, 4) is 5.75 Å². The average Bonchev–Trinajstić information content (AvgIpc) is 2.64. The standard InChI is InChI=1S/C11H11FN2O2/c12-8-2-1-3-9(6-8)15-5-4-10-7-14-11(13)16-10/h1-3,6-7H,4-5H2,(H2,13,14). The summed E-state index contributed by atoms with van der Waals surface area (Å²) in [4.78, 5) is 3.75. The molecule has 0 unspecified atom stereocenters. The Labute approximate surface area is 91.9 Å². The van der Waals surface area contributed by atoms with Gasteiger partial charge in [-0.05, 0) is 12.1 Å². The number of nitrogen functional groups attached to an aromatic ring is 1. The van der Waals surface area contributed by atoms with Crippen molar-refractivity contribution in [1.29, 1.82) is 0 Å². The predicted molar refractivity (Wildman–Crippen MR) is 56.5 cm³/mol. The Balaban J connectivity index is 1.84. The molecule has 0 aliphatic heterocycles. The lowest BCUT2D eigenvalue weighted by atomic mass is 10.3. The second-order valence-electron chi connectivity index (χ2n) is 3.22. The lowest BCUT2D eigenvalue weighted by Gasteiger charge is -2.04. The van der Waals surface area contributed by atoms with E-state index in [1.54, 1.807) is 18.3 Å². The highest BCUT2D eigenvalue weighted by Crippen LogP contribution is 2.12. The zero-order valence-corrected chi connectivity index (χ0v) is 8.52. The Morgan fingerprint density at radius 1 is 1.44 bits per heavy atom. The Bertz CT molecular complexity index is 471. The van der Waals surface area contributed by atoms with E-state index in [1.165, 1.54) is 12.1 Å². The molecular formula is C11H11FN2O2. The first kappa shape index (κ1) is 10.5. The van der Waals surface area contributed by atoms with Gasteiger partial charge in [-0.15, -0.1) is 0 Å². The number of rotatable bonds is 4. The molecule has 84 valence electrons. The van der Waals surface area contributed by atoms with Crippen LogP contribution in [-0.4, -0.2) is 11.6 Å². The summed E-state index contributed by atoms with van der Waals surface area (Å²) in [5, 5.41) is 0. The van der Waals surface area contributed by atoms with Crippen molar-refractivity contribution in [2.45, 2.75) is 6.42 Å². The van der Waals surface area contributed by atoms with Gasteiger partial charge in [0.25, 0.3) is 6.01 Å². The van der Waals surface area contributed by atoms with Crippen molar-refractivity contribution in [1.82, 2.24) is 4.98 Å². The van der Waals surface area contributed by atoms with Crippen molar-refractivity contribution in [2.24, 2.45) is 0 Å². The van der Waals surface area contributed by atoms with Gasteiger partial charge in [-0.2, -0.15) is 0 Å². The number of benzene rings is 1. The van der Waals surface area contributed by atoms with Crippen molar-refractivity contribution >= 4 is 6.01 Å². The SMILES string of the molecule is Nc1ncc(CCOc2cccc(F)c2)o1. The van der Waals surface area contributed by atoms with Crippen molar-refractivity contribution in [3.05, 3.63) is 42.0 Å². The lowest BCUT2D eigenvalue weighted by molar-refractivity contribution is 0.308. The summed E-state index contributed by atoms with van der Waals surface area (Å²) in [5.41, 5.74) is 5.31. The molecule has 0 fully saturated rings. The lowest BCUT2D eigenvalue weighted by Crippen LogP contribution is -2.00. The van der Waals surface area contributed by atoms with E-state index < -0.39 is 0 Å². The molecule has 2 rings (SSSR count). The molecule has 0 spiro atoms. The van der Waals surface area contributed by atoms with Gasteiger partial charge in [-0.1, -0.05) is 6.07 Å². The zero-order chi connectivity index (χ0) is 11.4. The molecule has 0 bridgehead atoms. The van der Waals surface area contributed by atoms with Crippen LogP contribution >= 0.6 is 0 Å². The molecule has 1 aromatic carbocycles. The van der Waals surface area contributed by atoms with E-state index in [2.05, 4.69) is 4.98 Å². The third kappa shape index (κ3) is 2.73. The van der Waals surface area contributed by atoms with Gasteiger partial charge >= 0.3 is 0 Å². The molecule has 2 N–H and O–H groups in total. The van der Waals surface area contributed by atoms with Gasteiger partial charge < -0.3 is 14.9 Å². The van der Waals surface area contributed by atoms with Crippen LogP contribution in [-0.2, 0) is 6.42 Å². The van der Waals surface area contributed by atoms with Gasteiger partial charge in [-0.25, -0.2) is 9.37 Å². The Hall–Kier alpha value is -2.04. The Morgan fingerprint density at radius 2 is 2.31 bits per heavy atom. The molecule has 0 aliphatic carbocycles. The van der Waals surface area contributed by atoms with Gasteiger partial charge in [0.1, 0.15) is 17.3 Å². The van der Waals surface area contributed by atoms with E-state index >= 15 is 0 Å². The monoisotopic (exact) mass is 222 g/mol. The normalized spacial score (nSPS) is 10.3. The molecule has 4 nitrogen and oxygen atoms in total. The quantitative estimate of drug-likeness (QED) is 0.859. The van der Waals surface area contributed by atoms with E-state index in [1.807, 2.05) is 0 Å². The second kappa shape index (κ2) is 4.65. The molecule has 1 aromatic heterocycles. The number of hydrogen-bond donors (Lipinski definition) is 1. The highest BCUT2D eigenvalue weighted by molar-refractivity contribution is 5.22. The smallest absolute Gasteiger partial charge is 0.292 e. The predicted octanol–water partition coefficient (Wildman–Crippen LogP) is 2.02. The minimum atomic E-state index is -0.318. The van der Waals surface area contributed by atoms with E-state index in [4.69, 9.17) is 14.9 Å². The van der Waals surface area contributed by atoms with E-state index in [9.17, 15) is 4.39 Å². The number of aromatic nitrogens is 1. The fourth-order valence-corrected chi connectivity index (χ4v) is 1.26. The van der Waals surface area contributed by atoms with Gasteiger partial charge in [0, 0.05) is 12.5 Å². The zero-order valence-electron chi connectivity index (χ0n) is 8.52. The number of ether oxygens (including phenoxy) is 1. The maximum Gasteiger partial charge on any atom is 0.292 e. The highest BCUT2D eigenvalue weighted by Gasteiger charge is 2.01. The van der Waals surface area contributed by atoms with Gasteiger partial charge in [-0.3, -0.25) is 0 Å². The van der Waals surface area contributed by atoms with Crippen LogP contribution in [0.3, 0.4) is 0 Å². The first-order valence-electron chi connectivity index (χ1n) is 4.82. The van der Waals surface area contributed by atoms with Crippen LogP contribution in [0.4, 0.5) is 10.4 Å². The molecule has 0 aliphatic rings. The molecule has 0 radical (unpaired) electrons. The van der Waals surface area contributed by atoms with Crippen LogP contribution in [0, 0.1) is 5.82 Å². The summed E-state index contributed by atoms with van der Waals surface area (Å²) < 4.78 is 23.2. The Morgan fingerprint density at radius 3 is 3.00 bits per heavy atom. The number of nitrogens with two attached hydrogens (primary N) is 1. The molecule has 2 aromatic rings. The molecule has 0 saturated heterocycles. The fraction of sp³-hybridized carbons (Fsp3) is 0.182. The number of hydrogen-bond acceptors (Lipinski definition) is 4. The van der Waals surface area contributed by atoms with Crippen LogP contribution in [0.5, 0.6) is 5.75 Å². The molecule has 0 amide bonds. The molecule has 0 atom stereocenters. The molecule has 16 heavy (non-hydrogen) atoms. The van der Waals surface area contributed by atoms with Gasteiger partial charge in [0.2, 0.25) is 0 Å². The molecule has 0 saturated carbocycles. The van der Waals surface area contributed by atoms with Crippen LogP contribution in [0.1, 0.15) is 5.76 Å².